The maximum atomic E-state index is 9.74. The van der Waals surface area contributed by atoms with E-state index in [0.29, 0.717) is 11.1 Å². The highest BCUT2D eigenvalue weighted by Crippen LogP contribution is 2.50. The number of rotatable bonds is 6. The van der Waals surface area contributed by atoms with Crippen LogP contribution in [0.25, 0.3) is 76.2 Å². The van der Waals surface area contributed by atoms with Crippen molar-refractivity contribution < 1.29 is 8.83 Å². The fraction of sp³-hybridized carbons (Fsp3) is 0. The van der Waals surface area contributed by atoms with E-state index in [-0.39, 0.29) is 0 Å². The Morgan fingerprint density at radius 2 is 0.733 bits per heavy atom. The molecule has 0 aliphatic carbocycles. The van der Waals surface area contributed by atoms with E-state index in [1.54, 1.807) is 0 Å². The van der Waals surface area contributed by atoms with E-state index in [1.807, 2.05) is 84.9 Å². The summed E-state index contributed by atoms with van der Waals surface area (Å²) in [4.78, 5) is 4.51. The lowest BCUT2D eigenvalue weighted by molar-refractivity contribution is 0.669. The minimum absolute atomic E-state index is 0.591. The predicted octanol–water partition coefficient (Wildman–Crippen LogP) is 15.1. The first kappa shape index (κ1) is 33.5. The van der Waals surface area contributed by atoms with Gasteiger partial charge in [-0.1, -0.05) is 97.1 Å². The number of hydrogen-bond acceptors (Lipinski definition) is 6. The Bertz CT molecular complexity index is 3510. The van der Waals surface area contributed by atoms with Crippen LogP contribution in [-0.2, 0) is 0 Å². The summed E-state index contributed by atoms with van der Waals surface area (Å²) in [6.07, 6.45) is 0. The van der Waals surface area contributed by atoms with Crippen LogP contribution in [0, 0.1) is 22.7 Å². The standard InChI is InChI=1S/C54H30N4O2/c55-31-33-15-23-37(24-16-33)57(47-11-5-9-41-39-7-1-3-13-49(39)59-53(41)47)45-29-21-35-19-20-36-22-30-46(44-28-27-43(45)51(35)52(36)44)58(38-25-17-34(32-56)18-26-38)48-12-6-10-42-40-8-2-4-14-50(40)60-54(42)48/h1-30H. The van der Waals surface area contributed by atoms with Crippen LogP contribution in [0.3, 0.4) is 0 Å². The molecule has 6 heteroatoms. The van der Waals surface area contributed by atoms with Gasteiger partial charge in [0.2, 0.25) is 0 Å². The quantitative estimate of drug-likeness (QED) is 0.157. The molecule has 12 rings (SSSR count). The van der Waals surface area contributed by atoms with E-state index in [4.69, 9.17) is 8.83 Å². The second kappa shape index (κ2) is 13.0. The van der Waals surface area contributed by atoms with Gasteiger partial charge in [-0.3, -0.25) is 0 Å². The molecule has 0 atom stereocenters. The first-order valence-electron chi connectivity index (χ1n) is 19.8. The van der Waals surface area contributed by atoms with E-state index in [1.165, 1.54) is 0 Å². The molecule has 278 valence electrons. The highest BCUT2D eigenvalue weighted by molar-refractivity contribution is 6.28. The summed E-state index contributed by atoms with van der Waals surface area (Å²) in [6.45, 7) is 0. The van der Waals surface area contributed by atoms with Crippen LogP contribution in [0.4, 0.5) is 34.1 Å². The fourth-order valence-electron chi connectivity index (χ4n) is 9.16. The highest BCUT2D eigenvalue weighted by Gasteiger charge is 2.25. The topological polar surface area (TPSA) is 80.3 Å². The Morgan fingerprint density at radius 3 is 1.17 bits per heavy atom. The van der Waals surface area contributed by atoms with Crippen molar-refractivity contribution in [3.05, 3.63) is 193 Å². The van der Waals surface area contributed by atoms with Crippen LogP contribution >= 0.6 is 0 Å². The van der Waals surface area contributed by atoms with Crippen molar-refractivity contribution in [1.82, 2.24) is 0 Å². The molecule has 0 aliphatic rings. The number of fused-ring (bicyclic) bond motifs is 6. The molecule has 0 spiro atoms. The number of hydrogen-bond donors (Lipinski definition) is 0. The zero-order valence-corrected chi connectivity index (χ0v) is 31.9. The molecule has 0 fully saturated rings. The van der Waals surface area contributed by atoms with Gasteiger partial charge in [0.15, 0.2) is 11.2 Å². The second-order valence-electron chi connectivity index (χ2n) is 15.1. The van der Waals surface area contributed by atoms with E-state index in [9.17, 15) is 10.5 Å². The summed E-state index contributed by atoms with van der Waals surface area (Å²) in [5, 5.41) is 30.3. The molecule has 0 amide bonds. The van der Waals surface area contributed by atoms with Crippen LogP contribution in [0.1, 0.15) is 11.1 Å². The highest BCUT2D eigenvalue weighted by atomic mass is 16.3. The molecule has 0 aliphatic heterocycles. The van der Waals surface area contributed by atoms with Gasteiger partial charge in [-0.2, -0.15) is 10.5 Å². The Labute approximate surface area is 343 Å². The zero-order valence-electron chi connectivity index (χ0n) is 31.9. The van der Waals surface area contributed by atoms with Gasteiger partial charge in [-0.05, 0) is 106 Å². The number of anilines is 6. The molecule has 12 aromatic rings. The lowest BCUT2D eigenvalue weighted by Crippen LogP contribution is -2.12. The fourth-order valence-corrected chi connectivity index (χ4v) is 9.16. The first-order chi connectivity index (χ1) is 29.7. The van der Waals surface area contributed by atoms with E-state index < -0.39 is 0 Å². The monoisotopic (exact) mass is 766 g/mol. The maximum Gasteiger partial charge on any atom is 0.159 e. The molecule has 0 radical (unpaired) electrons. The van der Waals surface area contributed by atoms with E-state index in [0.717, 1.165) is 110 Å². The SMILES string of the molecule is N#Cc1ccc(N(c2ccc3ccc4ccc(N(c5ccc(C#N)cc5)c5cccc6c5oc5ccccc56)c5ccc2c3c45)c2cccc3c2oc2ccccc23)cc1. The molecule has 2 heterocycles. The van der Waals surface area contributed by atoms with Gasteiger partial charge in [0.05, 0.1) is 46.0 Å². The molecule has 0 N–H and O–H groups in total. The molecular formula is C54H30N4O2. The molecule has 0 saturated heterocycles. The largest absolute Gasteiger partial charge is 0.454 e. The lowest BCUT2D eigenvalue weighted by Gasteiger charge is -2.29. The van der Waals surface area contributed by atoms with Crippen molar-refractivity contribution in [2.75, 3.05) is 9.80 Å². The van der Waals surface area contributed by atoms with Gasteiger partial charge >= 0.3 is 0 Å². The number of nitriles is 2. The minimum Gasteiger partial charge on any atom is -0.454 e. The minimum atomic E-state index is 0.591. The van der Waals surface area contributed by atoms with Gasteiger partial charge < -0.3 is 18.6 Å². The third kappa shape index (κ3) is 4.92. The molecule has 0 saturated carbocycles. The van der Waals surface area contributed by atoms with Gasteiger partial charge in [0.1, 0.15) is 11.2 Å². The van der Waals surface area contributed by atoms with Gasteiger partial charge in [0, 0.05) is 43.7 Å². The van der Waals surface area contributed by atoms with Crippen molar-refractivity contribution >= 4 is 110 Å². The molecule has 0 unspecified atom stereocenters. The van der Waals surface area contributed by atoms with Crippen LogP contribution < -0.4 is 9.80 Å². The number of benzene rings is 10. The summed E-state index contributed by atoms with van der Waals surface area (Å²) < 4.78 is 13.3. The van der Waals surface area contributed by atoms with Crippen molar-refractivity contribution in [2.45, 2.75) is 0 Å². The summed E-state index contributed by atoms with van der Waals surface area (Å²) in [5.41, 5.74) is 9.98. The molecule has 0 bridgehead atoms. The summed E-state index contributed by atoms with van der Waals surface area (Å²) in [7, 11) is 0. The average Bonchev–Trinajstić information content (AvgIpc) is 3.89. The Balaban J connectivity index is 1.13. The first-order valence-corrected chi connectivity index (χ1v) is 19.8. The number of para-hydroxylation sites is 4. The molecule has 10 aromatic carbocycles. The van der Waals surface area contributed by atoms with Crippen molar-refractivity contribution in [3.8, 4) is 12.1 Å². The lowest BCUT2D eigenvalue weighted by atomic mass is 9.91. The van der Waals surface area contributed by atoms with Crippen molar-refractivity contribution in [2.24, 2.45) is 0 Å². The Kier molecular flexibility index (Phi) is 7.26. The van der Waals surface area contributed by atoms with Crippen LogP contribution in [0.5, 0.6) is 0 Å². The summed E-state index contributed by atoms with van der Waals surface area (Å²) in [5.74, 6) is 0. The third-order valence-corrected chi connectivity index (χ3v) is 11.9. The summed E-state index contributed by atoms with van der Waals surface area (Å²) >= 11 is 0. The van der Waals surface area contributed by atoms with Crippen molar-refractivity contribution in [1.29, 1.82) is 10.5 Å². The maximum absolute atomic E-state index is 9.74. The number of furan rings is 2. The van der Waals surface area contributed by atoms with E-state index >= 15 is 0 Å². The van der Waals surface area contributed by atoms with Gasteiger partial charge in [-0.25, -0.2) is 0 Å². The van der Waals surface area contributed by atoms with Crippen LogP contribution in [0.15, 0.2) is 191 Å². The molecule has 6 nitrogen and oxygen atoms in total. The Morgan fingerprint density at radius 1 is 0.333 bits per heavy atom. The summed E-state index contributed by atoms with van der Waals surface area (Å²) in [6, 6.07) is 66.6. The molecular weight excluding hydrogens is 737 g/mol. The second-order valence-corrected chi connectivity index (χ2v) is 15.1. The predicted molar refractivity (Wildman–Crippen MR) is 243 cm³/mol. The molecule has 60 heavy (non-hydrogen) atoms. The number of nitrogens with zero attached hydrogens (tertiary/aromatic N) is 4. The van der Waals surface area contributed by atoms with Crippen molar-refractivity contribution in [3.63, 3.8) is 0 Å². The molecule has 2 aromatic heterocycles. The average molecular weight is 767 g/mol. The van der Waals surface area contributed by atoms with E-state index in [2.05, 4.69) is 119 Å². The van der Waals surface area contributed by atoms with Gasteiger partial charge in [0.25, 0.3) is 0 Å². The van der Waals surface area contributed by atoms with Crippen LogP contribution in [0.2, 0.25) is 0 Å². The third-order valence-electron chi connectivity index (χ3n) is 11.9. The smallest absolute Gasteiger partial charge is 0.159 e. The van der Waals surface area contributed by atoms with Crippen LogP contribution in [-0.4, -0.2) is 0 Å². The zero-order chi connectivity index (χ0) is 39.9. The normalized spacial score (nSPS) is 11.6. The Hall–Kier alpha value is -8.58. The van der Waals surface area contributed by atoms with Gasteiger partial charge in [-0.15, -0.1) is 0 Å².